The van der Waals surface area contributed by atoms with Crippen molar-refractivity contribution < 1.29 is 9.90 Å². The number of aromatic nitrogens is 2. The monoisotopic (exact) mass is 245 g/mol. The van der Waals surface area contributed by atoms with Crippen LogP contribution in [0.2, 0.25) is 0 Å². The van der Waals surface area contributed by atoms with Gasteiger partial charge in [-0.15, -0.1) is 0 Å². The summed E-state index contributed by atoms with van der Waals surface area (Å²) < 4.78 is 1.71. The molecule has 1 amide bonds. The van der Waals surface area contributed by atoms with Gasteiger partial charge >= 0.3 is 0 Å². The number of amides is 1. The summed E-state index contributed by atoms with van der Waals surface area (Å²) >= 11 is 0. The van der Waals surface area contributed by atoms with Crippen LogP contribution in [0.25, 0.3) is 0 Å². The molecule has 0 aliphatic carbocycles. The van der Waals surface area contributed by atoms with Crippen LogP contribution in [-0.4, -0.2) is 20.8 Å². The molecular formula is C13H15N3O2. The summed E-state index contributed by atoms with van der Waals surface area (Å²) in [5.41, 5.74) is 1.55. The molecule has 0 aliphatic rings. The maximum atomic E-state index is 12.0. The first-order valence-corrected chi connectivity index (χ1v) is 5.74. The molecule has 0 bridgehead atoms. The summed E-state index contributed by atoms with van der Waals surface area (Å²) in [4.78, 5) is 12.0. The van der Waals surface area contributed by atoms with E-state index in [-0.39, 0.29) is 17.2 Å². The fourth-order valence-corrected chi connectivity index (χ4v) is 1.64. The minimum atomic E-state index is -0.341. The number of hydrogen-bond acceptors (Lipinski definition) is 3. The van der Waals surface area contributed by atoms with Gasteiger partial charge in [0, 0.05) is 12.7 Å². The predicted molar refractivity (Wildman–Crippen MR) is 68.7 cm³/mol. The molecule has 0 aliphatic heterocycles. The van der Waals surface area contributed by atoms with Gasteiger partial charge in [0.2, 0.25) is 0 Å². The molecule has 2 aromatic rings. The van der Waals surface area contributed by atoms with Crippen molar-refractivity contribution in [3.8, 4) is 5.75 Å². The maximum absolute atomic E-state index is 12.0. The van der Waals surface area contributed by atoms with Gasteiger partial charge in [0.1, 0.15) is 5.75 Å². The van der Waals surface area contributed by atoms with Crippen molar-refractivity contribution in [2.24, 2.45) is 0 Å². The lowest BCUT2D eigenvalue weighted by Gasteiger charge is -2.06. The fourth-order valence-electron chi connectivity index (χ4n) is 1.64. The third-order valence-corrected chi connectivity index (χ3v) is 2.70. The summed E-state index contributed by atoms with van der Waals surface area (Å²) in [6.45, 7) is 4.46. The minimum Gasteiger partial charge on any atom is -0.507 e. The molecule has 5 nitrogen and oxygen atoms in total. The average Bonchev–Trinajstić information content (AvgIpc) is 2.80. The molecule has 5 heteroatoms. The second kappa shape index (κ2) is 4.91. The number of carbonyl (C=O) groups excluding carboxylic acids is 1. The summed E-state index contributed by atoms with van der Waals surface area (Å²) in [6.07, 6.45) is 3.32. The number of anilines is 1. The maximum Gasteiger partial charge on any atom is 0.259 e. The Morgan fingerprint density at radius 2 is 2.28 bits per heavy atom. The summed E-state index contributed by atoms with van der Waals surface area (Å²) in [7, 11) is 0. The van der Waals surface area contributed by atoms with Crippen LogP contribution in [0.5, 0.6) is 5.75 Å². The lowest BCUT2D eigenvalue weighted by Crippen LogP contribution is -2.11. The number of aromatic hydroxyl groups is 1. The van der Waals surface area contributed by atoms with Crippen molar-refractivity contribution in [1.82, 2.24) is 9.78 Å². The van der Waals surface area contributed by atoms with Crippen LogP contribution in [0, 0.1) is 6.92 Å². The van der Waals surface area contributed by atoms with Gasteiger partial charge in [-0.25, -0.2) is 0 Å². The molecule has 0 spiro atoms. The zero-order chi connectivity index (χ0) is 13.1. The third-order valence-electron chi connectivity index (χ3n) is 2.70. The first kappa shape index (κ1) is 12.2. The number of para-hydroxylation sites is 1. The standard InChI is InChI=1S/C13H15N3O2/c1-3-16-8-10(7-14-16)15-13(18)11-6-4-5-9(2)12(11)17/h4-8,17H,3H2,1-2H3,(H,15,18). The summed E-state index contributed by atoms with van der Waals surface area (Å²) in [5.74, 6) is -0.329. The van der Waals surface area contributed by atoms with E-state index in [0.717, 1.165) is 6.54 Å². The number of carbonyl (C=O) groups is 1. The number of phenols is 1. The van der Waals surface area contributed by atoms with Crippen molar-refractivity contribution in [2.75, 3.05) is 5.32 Å². The fraction of sp³-hybridized carbons (Fsp3) is 0.231. The van der Waals surface area contributed by atoms with Gasteiger partial charge in [-0.1, -0.05) is 12.1 Å². The number of nitrogens with one attached hydrogen (secondary N) is 1. The number of nitrogens with zero attached hydrogens (tertiary/aromatic N) is 2. The Labute approximate surface area is 105 Å². The van der Waals surface area contributed by atoms with Crippen LogP contribution in [0.1, 0.15) is 22.8 Å². The Kier molecular flexibility index (Phi) is 3.32. The molecule has 0 radical (unpaired) electrons. The Balaban J connectivity index is 2.19. The second-order valence-electron chi connectivity index (χ2n) is 4.01. The molecule has 2 rings (SSSR count). The van der Waals surface area contributed by atoms with E-state index in [2.05, 4.69) is 10.4 Å². The largest absolute Gasteiger partial charge is 0.507 e. The molecule has 2 N–H and O–H groups in total. The third kappa shape index (κ3) is 2.34. The van der Waals surface area contributed by atoms with Crippen molar-refractivity contribution in [1.29, 1.82) is 0 Å². The number of rotatable bonds is 3. The first-order chi connectivity index (χ1) is 8.61. The van der Waals surface area contributed by atoms with Gasteiger partial charge in [0.15, 0.2) is 0 Å². The highest BCUT2D eigenvalue weighted by atomic mass is 16.3. The van der Waals surface area contributed by atoms with Gasteiger partial charge in [0.05, 0.1) is 17.4 Å². The highest BCUT2D eigenvalue weighted by molar-refractivity contribution is 6.06. The first-order valence-electron chi connectivity index (χ1n) is 5.74. The number of hydrogen-bond donors (Lipinski definition) is 2. The van der Waals surface area contributed by atoms with Crippen molar-refractivity contribution in [3.63, 3.8) is 0 Å². The molecule has 0 atom stereocenters. The SMILES string of the molecule is CCn1cc(NC(=O)c2cccc(C)c2O)cn1. The van der Waals surface area contributed by atoms with Crippen LogP contribution in [-0.2, 0) is 6.54 Å². The minimum absolute atomic E-state index is 0.0119. The molecule has 0 unspecified atom stereocenters. The molecular weight excluding hydrogens is 230 g/mol. The predicted octanol–water partition coefficient (Wildman–Crippen LogP) is 2.17. The smallest absolute Gasteiger partial charge is 0.259 e. The van der Waals surface area contributed by atoms with E-state index in [1.54, 1.807) is 42.2 Å². The molecule has 1 heterocycles. The van der Waals surface area contributed by atoms with Crippen LogP contribution in [0.4, 0.5) is 5.69 Å². The van der Waals surface area contributed by atoms with Crippen molar-refractivity contribution in [2.45, 2.75) is 20.4 Å². The molecule has 1 aromatic heterocycles. The Morgan fingerprint density at radius 1 is 1.50 bits per heavy atom. The van der Waals surface area contributed by atoms with E-state index in [9.17, 15) is 9.90 Å². The van der Waals surface area contributed by atoms with E-state index in [4.69, 9.17) is 0 Å². The molecule has 1 aromatic carbocycles. The molecule has 94 valence electrons. The normalized spacial score (nSPS) is 10.3. The van der Waals surface area contributed by atoms with E-state index in [0.29, 0.717) is 11.3 Å². The molecule has 0 saturated carbocycles. The van der Waals surface area contributed by atoms with Crippen LogP contribution in [0.15, 0.2) is 30.6 Å². The lowest BCUT2D eigenvalue weighted by molar-refractivity contribution is 0.102. The average molecular weight is 245 g/mol. The molecule has 18 heavy (non-hydrogen) atoms. The van der Waals surface area contributed by atoms with Crippen LogP contribution in [0.3, 0.4) is 0 Å². The quantitative estimate of drug-likeness (QED) is 0.870. The van der Waals surface area contributed by atoms with E-state index < -0.39 is 0 Å². The summed E-state index contributed by atoms with van der Waals surface area (Å²) in [5, 5.41) is 16.6. The Morgan fingerprint density at radius 3 is 2.94 bits per heavy atom. The lowest BCUT2D eigenvalue weighted by atomic mass is 10.1. The zero-order valence-electron chi connectivity index (χ0n) is 10.3. The highest BCUT2D eigenvalue weighted by Crippen LogP contribution is 2.22. The molecule has 0 saturated heterocycles. The van der Waals surface area contributed by atoms with Crippen molar-refractivity contribution >= 4 is 11.6 Å². The van der Waals surface area contributed by atoms with Gasteiger partial charge in [-0.3, -0.25) is 9.48 Å². The molecule has 0 fully saturated rings. The second-order valence-corrected chi connectivity index (χ2v) is 4.01. The number of aryl methyl sites for hydroxylation is 2. The van der Waals surface area contributed by atoms with Gasteiger partial charge in [-0.2, -0.15) is 5.10 Å². The zero-order valence-corrected chi connectivity index (χ0v) is 10.3. The summed E-state index contributed by atoms with van der Waals surface area (Å²) in [6, 6.07) is 5.07. The highest BCUT2D eigenvalue weighted by Gasteiger charge is 2.13. The van der Waals surface area contributed by atoms with Crippen LogP contribution < -0.4 is 5.32 Å². The van der Waals surface area contributed by atoms with E-state index >= 15 is 0 Å². The van der Waals surface area contributed by atoms with Crippen LogP contribution >= 0.6 is 0 Å². The van der Waals surface area contributed by atoms with Gasteiger partial charge < -0.3 is 10.4 Å². The van der Waals surface area contributed by atoms with E-state index in [1.807, 2.05) is 6.92 Å². The Bertz CT molecular complexity index is 575. The van der Waals surface area contributed by atoms with Gasteiger partial charge in [-0.05, 0) is 25.5 Å². The van der Waals surface area contributed by atoms with Crippen molar-refractivity contribution in [3.05, 3.63) is 41.7 Å². The van der Waals surface area contributed by atoms with Gasteiger partial charge in [0.25, 0.3) is 5.91 Å². The Hall–Kier alpha value is -2.30. The number of benzene rings is 1. The number of phenolic OH excluding ortho intramolecular Hbond substituents is 1. The van der Waals surface area contributed by atoms with E-state index in [1.165, 1.54) is 0 Å². The topological polar surface area (TPSA) is 67.2 Å².